The number of Topliss-reactive ketones (excluding diaryl/α,β-unsaturated/α-hetero) is 1. The molecule has 0 radical (unpaired) electrons. The minimum absolute atomic E-state index is 0.00447. The summed E-state index contributed by atoms with van der Waals surface area (Å²) < 4.78 is 0.632. The molecule has 3 heterocycles. The number of ketones is 1. The standard InChI is InChI=1S/C27H24ClN5O3S3/c1-14-24(38-15(2)29-14)22(34)20-21(16-9-11-18(12-10-16)32(3)4)33(25(36)23(20)35)26-30-31-27(39-26)37-13-17-7-5-6-8-19(17)28/h5-12,21,35H,13H2,1-4H3. The summed E-state index contributed by atoms with van der Waals surface area (Å²) in [6.45, 7) is 3.56. The molecule has 200 valence electrons. The highest BCUT2D eigenvalue weighted by molar-refractivity contribution is 8.00. The number of benzene rings is 2. The Labute approximate surface area is 243 Å². The van der Waals surface area contributed by atoms with Gasteiger partial charge in [-0.15, -0.1) is 21.5 Å². The van der Waals surface area contributed by atoms with Gasteiger partial charge < -0.3 is 10.0 Å². The zero-order valence-electron chi connectivity index (χ0n) is 21.5. The number of nitrogens with zero attached hydrogens (tertiary/aromatic N) is 5. The van der Waals surface area contributed by atoms with Gasteiger partial charge in [0.25, 0.3) is 5.91 Å². The number of aliphatic hydroxyl groups excluding tert-OH is 1. The fourth-order valence-electron chi connectivity index (χ4n) is 4.28. The zero-order valence-corrected chi connectivity index (χ0v) is 24.7. The number of hydrogen-bond donors (Lipinski definition) is 1. The molecule has 4 aromatic rings. The molecule has 8 nitrogen and oxygen atoms in total. The van der Waals surface area contributed by atoms with E-state index in [9.17, 15) is 14.7 Å². The fourth-order valence-corrected chi connectivity index (χ4v) is 7.31. The monoisotopic (exact) mass is 597 g/mol. The Bertz CT molecular complexity index is 1600. The second kappa shape index (κ2) is 11.1. The minimum Gasteiger partial charge on any atom is -0.503 e. The number of rotatable bonds is 8. The fraction of sp³-hybridized carbons (Fsp3) is 0.222. The van der Waals surface area contributed by atoms with E-state index in [1.165, 1.54) is 39.3 Å². The lowest BCUT2D eigenvalue weighted by molar-refractivity contribution is -0.117. The number of carbonyl (C=O) groups excluding carboxylic acids is 2. The molecule has 39 heavy (non-hydrogen) atoms. The first-order chi connectivity index (χ1) is 18.7. The lowest BCUT2D eigenvalue weighted by atomic mass is 9.95. The van der Waals surface area contributed by atoms with E-state index in [1.807, 2.05) is 74.4 Å². The van der Waals surface area contributed by atoms with Gasteiger partial charge in [-0.1, -0.05) is 65.0 Å². The van der Waals surface area contributed by atoms with Crippen LogP contribution in [0.5, 0.6) is 0 Å². The van der Waals surface area contributed by atoms with Gasteiger partial charge in [0.2, 0.25) is 10.9 Å². The van der Waals surface area contributed by atoms with Crippen molar-refractivity contribution < 1.29 is 14.7 Å². The average Bonchev–Trinajstić information content (AvgIpc) is 3.59. The summed E-state index contributed by atoms with van der Waals surface area (Å²) in [7, 11) is 3.86. The molecule has 5 rings (SSSR count). The average molecular weight is 598 g/mol. The second-order valence-corrected chi connectivity index (χ2v) is 12.8. The SMILES string of the molecule is Cc1nc(C)c(C(=O)C2=C(O)C(=O)N(c3nnc(SCc4ccccc4Cl)s3)C2c2ccc(N(C)C)cc2)s1. The summed E-state index contributed by atoms with van der Waals surface area (Å²) >= 11 is 10.2. The van der Waals surface area contributed by atoms with Gasteiger partial charge in [-0.05, 0) is 43.2 Å². The number of thioether (sulfide) groups is 1. The number of amides is 1. The van der Waals surface area contributed by atoms with Crippen molar-refractivity contribution in [3.05, 3.63) is 91.6 Å². The van der Waals surface area contributed by atoms with Crippen LogP contribution in [0.25, 0.3) is 0 Å². The molecule has 2 aromatic carbocycles. The van der Waals surface area contributed by atoms with Gasteiger partial charge in [-0.3, -0.25) is 14.5 Å². The molecule has 0 saturated carbocycles. The number of aliphatic hydroxyl groups is 1. The maximum atomic E-state index is 13.8. The second-order valence-electron chi connectivity index (χ2n) is 9.03. The summed E-state index contributed by atoms with van der Waals surface area (Å²) in [5.41, 5.74) is 3.15. The lowest BCUT2D eigenvalue weighted by Gasteiger charge is -2.24. The van der Waals surface area contributed by atoms with E-state index in [2.05, 4.69) is 15.2 Å². The van der Waals surface area contributed by atoms with Crippen molar-refractivity contribution in [1.29, 1.82) is 0 Å². The Kier molecular flexibility index (Phi) is 7.77. The molecule has 1 aliphatic rings. The Morgan fingerprint density at radius 1 is 1.10 bits per heavy atom. The number of thiazole rings is 1. The van der Waals surface area contributed by atoms with Gasteiger partial charge in [0.1, 0.15) is 0 Å². The molecule has 1 unspecified atom stereocenters. The van der Waals surface area contributed by atoms with Crippen LogP contribution in [0.3, 0.4) is 0 Å². The van der Waals surface area contributed by atoms with Crippen LogP contribution in [0.4, 0.5) is 10.8 Å². The zero-order chi connectivity index (χ0) is 27.8. The number of halogens is 1. The molecule has 0 saturated heterocycles. The summed E-state index contributed by atoms with van der Waals surface area (Å²) in [4.78, 5) is 35.4. The molecule has 1 atom stereocenters. The van der Waals surface area contributed by atoms with E-state index >= 15 is 0 Å². The Morgan fingerprint density at radius 2 is 1.82 bits per heavy atom. The van der Waals surface area contributed by atoms with Gasteiger partial charge >= 0.3 is 0 Å². The van der Waals surface area contributed by atoms with Gasteiger partial charge in [0.15, 0.2) is 10.1 Å². The predicted octanol–water partition coefficient (Wildman–Crippen LogP) is 6.41. The largest absolute Gasteiger partial charge is 0.503 e. The Balaban J connectivity index is 1.52. The van der Waals surface area contributed by atoms with Gasteiger partial charge in [0, 0.05) is 30.6 Å². The molecule has 0 aliphatic carbocycles. The van der Waals surface area contributed by atoms with Crippen LogP contribution in [-0.2, 0) is 10.5 Å². The molecule has 1 N–H and O–H groups in total. The van der Waals surface area contributed by atoms with Crippen molar-refractivity contribution in [2.45, 2.75) is 30.0 Å². The molecular weight excluding hydrogens is 574 g/mol. The molecule has 0 fully saturated rings. The number of anilines is 2. The molecule has 0 spiro atoms. The molecule has 1 aliphatic heterocycles. The van der Waals surface area contributed by atoms with Crippen LogP contribution in [0.15, 0.2) is 64.2 Å². The van der Waals surface area contributed by atoms with E-state index in [0.717, 1.165) is 16.3 Å². The Morgan fingerprint density at radius 3 is 2.46 bits per heavy atom. The summed E-state index contributed by atoms with van der Waals surface area (Å²) in [5, 5.41) is 21.3. The van der Waals surface area contributed by atoms with Crippen molar-refractivity contribution in [3.63, 3.8) is 0 Å². The Hall–Kier alpha value is -3.25. The topological polar surface area (TPSA) is 99.5 Å². The maximum absolute atomic E-state index is 13.8. The normalized spacial score (nSPS) is 15.4. The van der Waals surface area contributed by atoms with E-state index in [-0.39, 0.29) is 10.7 Å². The summed E-state index contributed by atoms with van der Waals surface area (Å²) in [5.74, 6) is -1.13. The van der Waals surface area contributed by atoms with Crippen LogP contribution in [-0.4, -0.2) is 46.1 Å². The van der Waals surface area contributed by atoms with E-state index in [1.54, 1.807) is 6.92 Å². The minimum atomic E-state index is -0.877. The summed E-state index contributed by atoms with van der Waals surface area (Å²) in [6, 6.07) is 14.2. The first-order valence-corrected chi connectivity index (χ1v) is 14.9. The van der Waals surface area contributed by atoms with Crippen molar-refractivity contribution in [2.24, 2.45) is 0 Å². The lowest BCUT2D eigenvalue weighted by Crippen LogP contribution is -2.31. The highest BCUT2D eigenvalue weighted by Gasteiger charge is 2.46. The van der Waals surface area contributed by atoms with Crippen LogP contribution in [0.2, 0.25) is 5.02 Å². The van der Waals surface area contributed by atoms with Gasteiger partial charge in [-0.25, -0.2) is 4.98 Å². The van der Waals surface area contributed by atoms with Crippen molar-refractivity contribution in [1.82, 2.24) is 15.2 Å². The van der Waals surface area contributed by atoms with Crippen molar-refractivity contribution in [3.8, 4) is 0 Å². The summed E-state index contributed by atoms with van der Waals surface area (Å²) in [6.07, 6.45) is 0. The molecule has 2 aromatic heterocycles. The van der Waals surface area contributed by atoms with Gasteiger partial charge in [-0.2, -0.15) is 0 Å². The van der Waals surface area contributed by atoms with Crippen LogP contribution in [0.1, 0.15) is 37.5 Å². The highest BCUT2D eigenvalue weighted by Crippen LogP contribution is 2.45. The molecule has 0 bridgehead atoms. The van der Waals surface area contributed by atoms with E-state index in [4.69, 9.17) is 11.6 Å². The first-order valence-electron chi connectivity index (χ1n) is 11.9. The molecular formula is C27H24ClN5O3S3. The number of aryl methyl sites for hydroxylation is 2. The quantitative estimate of drug-likeness (QED) is 0.141. The number of aromatic nitrogens is 3. The van der Waals surface area contributed by atoms with Crippen molar-refractivity contribution in [2.75, 3.05) is 23.9 Å². The maximum Gasteiger partial charge on any atom is 0.296 e. The van der Waals surface area contributed by atoms with Gasteiger partial charge in [0.05, 0.1) is 27.2 Å². The van der Waals surface area contributed by atoms with Crippen LogP contribution >= 0.6 is 46.0 Å². The van der Waals surface area contributed by atoms with E-state index in [0.29, 0.717) is 31.2 Å². The predicted molar refractivity (Wildman–Crippen MR) is 157 cm³/mol. The highest BCUT2D eigenvalue weighted by atomic mass is 35.5. The number of carbonyl (C=O) groups is 2. The van der Waals surface area contributed by atoms with Crippen molar-refractivity contribution >= 4 is 68.5 Å². The third-order valence-electron chi connectivity index (χ3n) is 6.20. The molecule has 1 amide bonds. The first kappa shape index (κ1) is 27.3. The van der Waals surface area contributed by atoms with E-state index < -0.39 is 23.5 Å². The number of hydrogen-bond acceptors (Lipinski definition) is 10. The third kappa shape index (κ3) is 5.31. The van der Waals surface area contributed by atoms with Crippen LogP contribution < -0.4 is 9.80 Å². The smallest absolute Gasteiger partial charge is 0.296 e. The van der Waals surface area contributed by atoms with Crippen LogP contribution in [0, 0.1) is 13.8 Å². The third-order valence-corrected chi connectivity index (χ3v) is 9.74. The molecule has 12 heteroatoms.